The number of likely N-dealkylation sites (N-methyl/N-ethyl adjacent to an activating group) is 1. The van der Waals surface area contributed by atoms with Crippen molar-refractivity contribution >= 4 is 0 Å². The normalized spacial score (nSPS) is 28.2. The number of nitrogens with zero attached hydrogens (tertiary/aromatic N) is 2. The summed E-state index contributed by atoms with van der Waals surface area (Å²) < 4.78 is 0. The maximum absolute atomic E-state index is 5.62. The lowest BCUT2D eigenvalue weighted by molar-refractivity contribution is -0.208. The molecule has 1 rings (SSSR count). The molecule has 0 N–H and O–H groups in total. The molecule has 0 spiro atoms. The van der Waals surface area contributed by atoms with Gasteiger partial charge in [0.15, 0.2) is 0 Å². The van der Waals surface area contributed by atoms with Crippen molar-refractivity contribution in [2.45, 2.75) is 32.9 Å². The van der Waals surface area contributed by atoms with E-state index in [0.29, 0.717) is 12.1 Å². The van der Waals surface area contributed by atoms with Crippen LogP contribution in [0.1, 0.15) is 20.8 Å². The van der Waals surface area contributed by atoms with E-state index in [4.69, 9.17) is 4.84 Å². The Morgan fingerprint density at radius 1 is 1.33 bits per heavy atom. The third-order valence-corrected chi connectivity index (χ3v) is 2.28. The molecular weight excluding hydrogens is 152 g/mol. The van der Waals surface area contributed by atoms with E-state index < -0.39 is 0 Å². The molecule has 3 nitrogen and oxygen atoms in total. The van der Waals surface area contributed by atoms with Crippen LogP contribution < -0.4 is 0 Å². The molecule has 1 aliphatic heterocycles. The van der Waals surface area contributed by atoms with E-state index in [-0.39, 0.29) is 0 Å². The van der Waals surface area contributed by atoms with Gasteiger partial charge in [0.05, 0.1) is 6.10 Å². The van der Waals surface area contributed by atoms with Gasteiger partial charge in [0.25, 0.3) is 0 Å². The zero-order valence-electron chi connectivity index (χ0n) is 8.58. The molecule has 0 aromatic heterocycles. The van der Waals surface area contributed by atoms with Crippen molar-refractivity contribution in [3.05, 3.63) is 0 Å². The van der Waals surface area contributed by atoms with Crippen molar-refractivity contribution in [1.29, 1.82) is 0 Å². The van der Waals surface area contributed by atoms with Crippen LogP contribution in [-0.2, 0) is 4.84 Å². The van der Waals surface area contributed by atoms with Gasteiger partial charge in [0, 0.05) is 25.7 Å². The zero-order valence-corrected chi connectivity index (χ0v) is 8.58. The number of hydrogen-bond acceptors (Lipinski definition) is 3. The van der Waals surface area contributed by atoms with Gasteiger partial charge in [-0.3, -0.25) is 4.84 Å². The van der Waals surface area contributed by atoms with Crippen LogP contribution in [-0.4, -0.2) is 48.8 Å². The zero-order chi connectivity index (χ0) is 9.14. The second-order valence-electron chi connectivity index (χ2n) is 3.87. The van der Waals surface area contributed by atoms with Crippen LogP contribution in [0.5, 0.6) is 0 Å². The van der Waals surface area contributed by atoms with E-state index in [1.54, 1.807) is 0 Å². The predicted octanol–water partition coefficient (Wildman–Crippen LogP) is 0.962. The van der Waals surface area contributed by atoms with Crippen LogP contribution in [0.4, 0.5) is 0 Å². The highest BCUT2D eigenvalue weighted by Gasteiger charge is 2.21. The Hall–Kier alpha value is -0.120. The molecule has 0 aliphatic carbocycles. The Balaban J connectivity index is 2.30. The lowest BCUT2D eigenvalue weighted by atomic mass is 10.2. The number of piperazine rings is 1. The third-order valence-electron chi connectivity index (χ3n) is 2.28. The topological polar surface area (TPSA) is 15.7 Å². The summed E-state index contributed by atoms with van der Waals surface area (Å²) in [6.07, 6.45) is 0.306. The number of hydrogen-bond donors (Lipinski definition) is 0. The van der Waals surface area contributed by atoms with Crippen LogP contribution in [0.3, 0.4) is 0 Å². The minimum atomic E-state index is 0.306. The Labute approximate surface area is 75.2 Å². The standard InChI is InChI=1S/C9H20N2O/c1-8(2)12-11-6-5-10(4)9(3)7-11/h8-9H,5-7H2,1-4H3. The summed E-state index contributed by atoms with van der Waals surface area (Å²) >= 11 is 0. The quantitative estimate of drug-likeness (QED) is 0.617. The highest BCUT2D eigenvalue weighted by atomic mass is 16.7. The molecule has 1 heterocycles. The SMILES string of the molecule is CC(C)ON1CCN(C)C(C)C1. The lowest BCUT2D eigenvalue weighted by Crippen LogP contribution is -2.50. The molecule has 0 aromatic rings. The maximum Gasteiger partial charge on any atom is 0.0737 e. The maximum atomic E-state index is 5.62. The second-order valence-corrected chi connectivity index (χ2v) is 3.87. The number of hydroxylamine groups is 2. The molecule has 1 fully saturated rings. The fourth-order valence-electron chi connectivity index (χ4n) is 1.41. The highest BCUT2D eigenvalue weighted by Crippen LogP contribution is 2.08. The molecule has 1 unspecified atom stereocenters. The minimum Gasteiger partial charge on any atom is -0.301 e. The molecule has 1 aliphatic rings. The summed E-state index contributed by atoms with van der Waals surface area (Å²) in [5.41, 5.74) is 0. The van der Waals surface area contributed by atoms with Gasteiger partial charge in [0.1, 0.15) is 0 Å². The molecule has 72 valence electrons. The van der Waals surface area contributed by atoms with Gasteiger partial charge < -0.3 is 4.90 Å². The summed E-state index contributed by atoms with van der Waals surface area (Å²) in [6, 6.07) is 0.609. The van der Waals surface area contributed by atoms with Gasteiger partial charge in [-0.05, 0) is 27.8 Å². The van der Waals surface area contributed by atoms with Gasteiger partial charge in [0.2, 0.25) is 0 Å². The van der Waals surface area contributed by atoms with E-state index in [0.717, 1.165) is 19.6 Å². The first kappa shape index (κ1) is 9.96. The fourth-order valence-corrected chi connectivity index (χ4v) is 1.41. The Morgan fingerprint density at radius 3 is 2.50 bits per heavy atom. The molecule has 0 radical (unpaired) electrons. The van der Waals surface area contributed by atoms with Crippen LogP contribution in [0.25, 0.3) is 0 Å². The van der Waals surface area contributed by atoms with Crippen LogP contribution in [0.15, 0.2) is 0 Å². The van der Waals surface area contributed by atoms with Gasteiger partial charge in [-0.1, -0.05) is 0 Å². The number of rotatable bonds is 2. The molecule has 3 heteroatoms. The fraction of sp³-hybridized carbons (Fsp3) is 1.00. The Kier molecular flexibility index (Phi) is 3.50. The van der Waals surface area contributed by atoms with Gasteiger partial charge in [-0.25, -0.2) is 0 Å². The van der Waals surface area contributed by atoms with E-state index in [9.17, 15) is 0 Å². The summed E-state index contributed by atoms with van der Waals surface area (Å²) in [4.78, 5) is 7.98. The third kappa shape index (κ3) is 2.73. The van der Waals surface area contributed by atoms with Crippen molar-refractivity contribution in [3.63, 3.8) is 0 Å². The molecule has 1 atom stereocenters. The van der Waals surface area contributed by atoms with E-state index in [1.165, 1.54) is 0 Å². The monoisotopic (exact) mass is 172 g/mol. The van der Waals surface area contributed by atoms with Gasteiger partial charge in [-0.15, -0.1) is 0 Å². The van der Waals surface area contributed by atoms with Gasteiger partial charge in [-0.2, -0.15) is 5.06 Å². The lowest BCUT2D eigenvalue weighted by Gasteiger charge is -2.37. The molecule has 0 aromatic carbocycles. The Morgan fingerprint density at radius 2 is 2.00 bits per heavy atom. The van der Waals surface area contributed by atoms with Crippen molar-refractivity contribution < 1.29 is 4.84 Å². The van der Waals surface area contributed by atoms with E-state index in [1.807, 2.05) is 0 Å². The van der Waals surface area contributed by atoms with E-state index >= 15 is 0 Å². The largest absolute Gasteiger partial charge is 0.301 e. The summed E-state index contributed by atoms with van der Waals surface area (Å²) in [5.74, 6) is 0. The minimum absolute atomic E-state index is 0.306. The highest BCUT2D eigenvalue weighted by molar-refractivity contribution is 4.72. The molecule has 0 bridgehead atoms. The second kappa shape index (κ2) is 4.21. The average molecular weight is 172 g/mol. The first-order chi connectivity index (χ1) is 5.59. The first-order valence-electron chi connectivity index (χ1n) is 4.71. The van der Waals surface area contributed by atoms with Crippen LogP contribution in [0, 0.1) is 0 Å². The Bertz CT molecular complexity index is 138. The van der Waals surface area contributed by atoms with Crippen molar-refractivity contribution in [2.24, 2.45) is 0 Å². The van der Waals surface area contributed by atoms with Gasteiger partial charge >= 0.3 is 0 Å². The summed E-state index contributed by atoms with van der Waals surface area (Å²) in [7, 11) is 2.16. The summed E-state index contributed by atoms with van der Waals surface area (Å²) in [6.45, 7) is 9.53. The molecular formula is C9H20N2O. The molecule has 0 amide bonds. The van der Waals surface area contributed by atoms with Crippen molar-refractivity contribution in [2.75, 3.05) is 26.7 Å². The molecule has 1 saturated heterocycles. The van der Waals surface area contributed by atoms with Crippen molar-refractivity contribution in [3.8, 4) is 0 Å². The van der Waals surface area contributed by atoms with E-state index in [2.05, 4.69) is 37.8 Å². The average Bonchev–Trinajstić information content (AvgIpc) is 1.96. The van der Waals surface area contributed by atoms with Crippen molar-refractivity contribution in [1.82, 2.24) is 9.96 Å². The predicted molar refractivity (Wildman–Crippen MR) is 49.9 cm³/mol. The summed E-state index contributed by atoms with van der Waals surface area (Å²) in [5, 5.41) is 2.08. The first-order valence-corrected chi connectivity index (χ1v) is 4.71. The molecule has 12 heavy (non-hydrogen) atoms. The molecule has 0 saturated carbocycles. The van der Waals surface area contributed by atoms with Crippen LogP contribution >= 0.6 is 0 Å². The van der Waals surface area contributed by atoms with Crippen LogP contribution in [0.2, 0.25) is 0 Å². The smallest absolute Gasteiger partial charge is 0.0737 e.